The fourth-order valence-electron chi connectivity index (χ4n) is 3.58. The summed E-state index contributed by atoms with van der Waals surface area (Å²) < 4.78 is 18.4. The largest absolute Gasteiger partial charge is 0.384 e. The van der Waals surface area contributed by atoms with Crippen LogP contribution in [0.25, 0.3) is 0 Å². The monoisotopic (exact) mass is 356 g/mol. The summed E-state index contributed by atoms with van der Waals surface area (Å²) in [5, 5.41) is 6.45. The van der Waals surface area contributed by atoms with Gasteiger partial charge in [0.05, 0.1) is 12.0 Å². The number of amides is 1. The number of piperidine rings is 1. The van der Waals surface area contributed by atoms with Gasteiger partial charge in [0.1, 0.15) is 5.82 Å². The van der Waals surface area contributed by atoms with Gasteiger partial charge in [-0.25, -0.2) is 4.39 Å². The molecule has 0 bridgehead atoms. The smallest absolute Gasteiger partial charge is 0.228 e. The van der Waals surface area contributed by atoms with E-state index >= 15 is 0 Å². The molecule has 4 nitrogen and oxygen atoms in total. The van der Waals surface area contributed by atoms with E-state index in [1.54, 1.807) is 7.11 Å². The highest BCUT2D eigenvalue weighted by atomic mass is 35.5. The van der Waals surface area contributed by atoms with Gasteiger partial charge in [-0.1, -0.05) is 12.1 Å². The van der Waals surface area contributed by atoms with Crippen molar-refractivity contribution in [2.75, 3.05) is 33.4 Å². The average Bonchev–Trinajstić information content (AvgIpc) is 3.35. The lowest BCUT2D eigenvalue weighted by molar-refractivity contribution is -0.136. The Morgan fingerprint density at radius 1 is 1.21 bits per heavy atom. The Bertz CT molecular complexity index is 549. The van der Waals surface area contributed by atoms with E-state index in [2.05, 4.69) is 10.6 Å². The van der Waals surface area contributed by atoms with Gasteiger partial charge in [0.15, 0.2) is 0 Å². The number of benzene rings is 1. The molecule has 1 saturated heterocycles. The van der Waals surface area contributed by atoms with Crippen LogP contribution >= 0.6 is 12.4 Å². The maximum atomic E-state index is 13.1. The van der Waals surface area contributed by atoms with Crippen molar-refractivity contribution in [3.8, 4) is 0 Å². The van der Waals surface area contributed by atoms with E-state index in [0.29, 0.717) is 13.2 Å². The number of hydrogen-bond acceptors (Lipinski definition) is 3. The number of rotatable bonds is 6. The third-order valence-corrected chi connectivity index (χ3v) is 5.36. The van der Waals surface area contributed by atoms with Crippen molar-refractivity contribution < 1.29 is 13.9 Å². The number of hydrogen-bond donors (Lipinski definition) is 2. The topological polar surface area (TPSA) is 50.4 Å². The summed E-state index contributed by atoms with van der Waals surface area (Å²) in [5.41, 5.74) is 0.689. The predicted molar refractivity (Wildman–Crippen MR) is 94.0 cm³/mol. The minimum absolute atomic E-state index is 0. The van der Waals surface area contributed by atoms with Gasteiger partial charge in [0, 0.05) is 19.1 Å². The Hall–Kier alpha value is -1.17. The second-order valence-corrected chi connectivity index (χ2v) is 6.93. The summed E-state index contributed by atoms with van der Waals surface area (Å²) in [6.45, 7) is 2.78. The Kier molecular flexibility index (Phi) is 6.23. The molecule has 1 heterocycles. The minimum atomic E-state index is -0.418. The van der Waals surface area contributed by atoms with Gasteiger partial charge in [-0.15, -0.1) is 12.4 Å². The van der Waals surface area contributed by atoms with E-state index in [0.717, 1.165) is 44.3 Å². The summed E-state index contributed by atoms with van der Waals surface area (Å²) in [6.07, 6.45) is 3.68. The summed E-state index contributed by atoms with van der Waals surface area (Å²) in [7, 11) is 1.65. The molecule has 2 N–H and O–H groups in total. The van der Waals surface area contributed by atoms with Crippen molar-refractivity contribution in [2.24, 2.45) is 5.41 Å². The van der Waals surface area contributed by atoms with Crippen molar-refractivity contribution >= 4 is 18.3 Å². The van der Waals surface area contributed by atoms with Crippen LogP contribution in [0.2, 0.25) is 0 Å². The number of halogens is 2. The van der Waals surface area contributed by atoms with Crippen molar-refractivity contribution in [3.63, 3.8) is 0 Å². The van der Waals surface area contributed by atoms with Crippen LogP contribution in [0.3, 0.4) is 0 Å². The van der Waals surface area contributed by atoms with Crippen LogP contribution in [-0.2, 0) is 14.9 Å². The highest BCUT2D eigenvalue weighted by molar-refractivity contribution is 5.85. The fourth-order valence-corrected chi connectivity index (χ4v) is 3.58. The zero-order valence-corrected chi connectivity index (χ0v) is 14.9. The number of carbonyl (C=O) groups excluding carboxylic acids is 1. The van der Waals surface area contributed by atoms with Gasteiger partial charge in [-0.2, -0.15) is 0 Å². The molecule has 1 aromatic rings. The maximum absolute atomic E-state index is 13.1. The first-order valence-electron chi connectivity index (χ1n) is 8.34. The van der Waals surface area contributed by atoms with Crippen molar-refractivity contribution in [2.45, 2.75) is 31.1 Å². The number of ether oxygens (including phenoxy) is 1. The van der Waals surface area contributed by atoms with E-state index in [9.17, 15) is 9.18 Å². The Balaban J connectivity index is 0.00000208. The molecule has 1 aliphatic carbocycles. The molecule has 0 atom stereocenters. The van der Waals surface area contributed by atoms with Crippen molar-refractivity contribution in [3.05, 3.63) is 35.6 Å². The molecule has 1 amide bonds. The molecule has 0 spiro atoms. The first kappa shape index (κ1) is 19.2. The van der Waals surface area contributed by atoms with E-state index < -0.39 is 5.41 Å². The standard InChI is InChI=1S/C18H25FN2O2.ClH/c1-23-13-18(8-10-20-11-9-18)16(22)21-12-17(6-7-17)14-2-4-15(19)5-3-14;/h2-5,20H,6-13H2,1H3,(H,21,22);1H. The molecule has 134 valence electrons. The SMILES string of the molecule is COCC1(C(=O)NCC2(c3ccc(F)cc3)CC2)CCNCC1.Cl. The van der Waals surface area contributed by atoms with Crippen LogP contribution in [0.1, 0.15) is 31.2 Å². The second kappa shape index (κ2) is 7.81. The highest BCUT2D eigenvalue weighted by Crippen LogP contribution is 2.47. The third kappa shape index (κ3) is 3.90. The molecular weight excluding hydrogens is 331 g/mol. The zero-order valence-electron chi connectivity index (χ0n) is 14.1. The third-order valence-electron chi connectivity index (χ3n) is 5.36. The van der Waals surface area contributed by atoms with Crippen molar-refractivity contribution in [1.29, 1.82) is 0 Å². The predicted octanol–water partition coefficient (Wildman–Crippen LogP) is 2.41. The molecule has 2 fully saturated rings. The van der Waals surface area contributed by atoms with E-state index in [1.807, 2.05) is 12.1 Å². The lowest BCUT2D eigenvalue weighted by Crippen LogP contribution is -2.51. The van der Waals surface area contributed by atoms with E-state index in [-0.39, 0.29) is 29.5 Å². The molecule has 6 heteroatoms. The summed E-state index contributed by atoms with van der Waals surface area (Å²) in [6, 6.07) is 6.67. The molecule has 0 unspecified atom stereocenters. The lowest BCUT2D eigenvalue weighted by Gasteiger charge is -2.36. The van der Waals surface area contributed by atoms with Crippen LogP contribution < -0.4 is 10.6 Å². The Morgan fingerprint density at radius 3 is 2.38 bits per heavy atom. The molecule has 24 heavy (non-hydrogen) atoms. The Morgan fingerprint density at radius 2 is 1.83 bits per heavy atom. The average molecular weight is 357 g/mol. The lowest BCUT2D eigenvalue weighted by atomic mass is 9.78. The van der Waals surface area contributed by atoms with Crippen molar-refractivity contribution in [1.82, 2.24) is 10.6 Å². The summed E-state index contributed by atoms with van der Waals surface area (Å²) in [5.74, 6) is -0.128. The Labute approximate surface area is 148 Å². The van der Waals surface area contributed by atoms with Gasteiger partial charge in [-0.05, 0) is 56.5 Å². The quantitative estimate of drug-likeness (QED) is 0.823. The van der Waals surface area contributed by atoms with Crippen LogP contribution in [0.5, 0.6) is 0 Å². The molecule has 1 saturated carbocycles. The van der Waals surface area contributed by atoms with Gasteiger partial charge in [0.25, 0.3) is 0 Å². The van der Waals surface area contributed by atoms with E-state index in [4.69, 9.17) is 4.74 Å². The summed E-state index contributed by atoms with van der Waals surface area (Å²) >= 11 is 0. The first-order valence-corrected chi connectivity index (χ1v) is 8.34. The first-order chi connectivity index (χ1) is 11.1. The number of methoxy groups -OCH3 is 1. The molecule has 0 radical (unpaired) electrons. The number of carbonyl (C=O) groups is 1. The molecular formula is C18H26ClFN2O2. The zero-order chi connectivity index (χ0) is 16.3. The molecule has 3 rings (SSSR count). The molecule has 2 aliphatic rings. The molecule has 0 aromatic heterocycles. The van der Waals surface area contributed by atoms with Gasteiger partial charge < -0.3 is 15.4 Å². The number of nitrogens with one attached hydrogen (secondary N) is 2. The van der Waals surface area contributed by atoms with E-state index in [1.165, 1.54) is 12.1 Å². The molecule has 1 aliphatic heterocycles. The summed E-state index contributed by atoms with van der Waals surface area (Å²) in [4.78, 5) is 12.8. The van der Waals surface area contributed by atoms with Crippen LogP contribution in [0, 0.1) is 11.2 Å². The fraction of sp³-hybridized carbons (Fsp3) is 0.611. The van der Waals surface area contributed by atoms with Crippen LogP contribution in [0.4, 0.5) is 4.39 Å². The normalized spacial score (nSPS) is 20.8. The molecule has 1 aromatic carbocycles. The van der Waals surface area contributed by atoms with Crippen LogP contribution in [-0.4, -0.2) is 39.3 Å². The van der Waals surface area contributed by atoms with Gasteiger partial charge in [0.2, 0.25) is 5.91 Å². The van der Waals surface area contributed by atoms with Gasteiger partial charge >= 0.3 is 0 Å². The maximum Gasteiger partial charge on any atom is 0.228 e. The highest BCUT2D eigenvalue weighted by Gasteiger charge is 2.46. The minimum Gasteiger partial charge on any atom is -0.384 e. The van der Waals surface area contributed by atoms with Gasteiger partial charge in [-0.3, -0.25) is 4.79 Å². The second-order valence-electron chi connectivity index (χ2n) is 6.93. The van der Waals surface area contributed by atoms with Crippen LogP contribution in [0.15, 0.2) is 24.3 Å².